The van der Waals surface area contributed by atoms with E-state index < -0.39 is 11.9 Å². The molecule has 2 rings (SSSR count). The number of carboxylic acid groups (broad SMARTS) is 1. The minimum atomic E-state index is -1.19. The number of halogens is 2. The van der Waals surface area contributed by atoms with Gasteiger partial charge in [-0.05, 0) is 75.0 Å². The first-order chi connectivity index (χ1) is 10.4. The van der Waals surface area contributed by atoms with Gasteiger partial charge >= 0.3 is 11.9 Å². The number of hydrogen-bond donors (Lipinski definition) is 2. The lowest BCUT2D eigenvalue weighted by Crippen LogP contribution is -2.15. The molecular weight excluding hydrogens is 514 g/mol. The number of carboxylic acids is 1. The number of carbonyl (C=O) groups is 2. The molecule has 5 nitrogen and oxygen atoms in total. The van der Waals surface area contributed by atoms with E-state index in [1.165, 1.54) is 12.1 Å². The third-order valence-corrected chi connectivity index (χ3v) is 4.42. The summed E-state index contributed by atoms with van der Waals surface area (Å²) in [6, 6.07) is 9.29. The third kappa shape index (κ3) is 3.76. The Morgan fingerprint density at radius 2 is 1.59 bits per heavy atom. The van der Waals surface area contributed by atoms with Crippen molar-refractivity contribution in [2.75, 3.05) is 0 Å². The highest BCUT2D eigenvalue weighted by molar-refractivity contribution is 14.1. The van der Waals surface area contributed by atoms with Gasteiger partial charge in [0.25, 0.3) is 0 Å². The molecule has 2 aromatic rings. The molecule has 0 radical (unpaired) electrons. The molecule has 0 unspecified atom stereocenters. The minimum absolute atomic E-state index is 0.00663. The molecule has 0 heterocycles. The molecule has 0 bridgehead atoms. The zero-order valence-electron chi connectivity index (χ0n) is 11.0. The van der Waals surface area contributed by atoms with Crippen LogP contribution in [0.15, 0.2) is 36.4 Å². The summed E-state index contributed by atoms with van der Waals surface area (Å²) in [5.74, 6) is -1.57. The van der Waals surface area contributed by atoms with Gasteiger partial charge in [-0.25, -0.2) is 9.59 Å². The van der Waals surface area contributed by atoms with Gasteiger partial charge in [0.1, 0.15) is 0 Å². The quantitative estimate of drug-likeness (QED) is 0.365. The van der Waals surface area contributed by atoms with Crippen molar-refractivity contribution in [2.45, 2.75) is 6.61 Å². The topological polar surface area (TPSA) is 83.8 Å². The average molecular weight is 524 g/mol. The molecule has 0 saturated heterocycles. The second-order valence-corrected chi connectivity index (χ2v) is 6.61. The van der Waals surface area contributed by atoms with Gasteiger partial charge in [-0.3, -0.25) is 0 Å². The van der Waals surface area contributed by atoms with Crippen LogP contribution in [0.1, 0.15) is 26.3 Å². The van der Waals surface area contributed by atoms with Gasteiger partial charge in [0, 0.05) is 0 Å². The van der Waals surface area contributed by atoms with Crippen LogP contribution in [0.4, 0.5) is 0 Å². The summed E-state index contributed by atoms with van der Waals surface area (Å²) < 4.78 is 6.68. The lowest BCUT2D eigenvalue weighted by Gasteiger charge is -2.11. The molecule has 0 aliphatic carbocycles. The van der Waals surface area contributed by atoms with E-state index in [0.29, 0.717) is 18.5 Å². The normalized spacial score (nSPS) is 10.3. The van der Waals surface area contributed by atoms with E-state index in [-0.39, 0.29) is 17.7 Å². The zero-order chi connectivity index (χ0) is 16.3. The van der Waals surface area contributed by atoms with Crippen molar-refractivity contribution in [3.63, 3.8) is 0 Å². The summed E-state index contributed by atoms with van der Waals surface area (Å²) in [5, 5.41) is 18.3. The molecule has 0 spiro atoms. The first-order valence-electron chi connectivity index (χ1n) is 6.07. The van der Waals surface area contributed by atoms with Gasteiger partial charge in [-0.2, -0.15) is 0 Å². The minimum Gasteiger partial charge on any atom is -0.478 e. The van der Waals surface area contributed by atoms with Crippen LogP contribution in [-0.2, 0) is 6.61 Å². The summed E-state index contributed by atoms with van der Waals surface area (Å²) >= 11 is 4.00. The molecule has 0 aliphatic heterocycles. The second-order valence-electron chi connectivity index (χ2n) is 4.29. The predicted molar refractivity (Wildman–Crippen MR) is 96.2 cm³/mol. The van der Waals surface area contributed by atoms with Crippen molar-refractivity contribution in [1.29, 1.82) is 0 Å². The van der Waals surface area contributed by atoms with Gasteiger partial charge in [0.05, 0.1) is 24.9 Å². The number of ether oxygens (including phenoxy) is 1. The molecule has 22 heavy (non-hydrogen) atoms. The summed E-state index contributed by atoms with van der Waals surface area (Å²) in [7, 11) is 0. The number of hydrogen-bond acceptors (Lipinski definition) is 4. The summed E-state index contributed by atoms with van der Waals surface area (Å²) in [6.45, 7) is -0.109. The molecule has 7 heteroatoms. The van der Waals surface area contributed by atoms with E-state index in [1.54, 1.807) is 24.3 Å². The Morgan fingerprint density at radius 1 is 1.05 bits per heavy atom. The summed E-state index contributed by atoms with van der Waals surface area (Å²) in [6.07, 6.45) is 0. The van der Waals surface area contributed by atoms with E-state index in [4.69, 9.17) is 14.9 Å². The number of aliphatic hydroxyl groups is 1. The summed E-state index contributed by atoms with van der Waals surface area (Å²) in [4.78, 5) is 23.4. The van der Waals surface area contributed by atoms with Crippen molar-refractivity contribution < 1.29 is 24.5 Å². The SMILES string of the molecule is O=C(O)c1ccccc1C(=O)Oc1c(I)cc(CO)cc1I. The largest absolute Gasteiger partial charge is 0.478 e. The van der Waals surface area contributed by atoms with E-state index >= 15 is 0 Å². The first kappa shape index (κ1) is 17.2. The molecule has 2 N–H and O–H groups in total. The van der Waals surface area contributed by atoms with E-state index in [1.807, 2.05) is 45.2 Å². The fourth-order valence-electron chi connectivity index (χ4n) is 1.80. The summed E-state index contributed by atoms with van der Waals surface area (Å²) in [5.41, 5.74) is 0.594. The second kappa shape index (κ2) is 7.38. The van der Waals surface area contributed by atoms with Crippen molar-refractivity contribution in [1.82, 2.24) is 0 Å². The molecule has 0 aliphatic rings. The molecule has 0 saturated carbocycles. The highest BCUT2D eigenvalue weighted by atomic mass is 127. The molecule has 0 atom stereocenters. The van der Waals surface area contributed by atoms with Crippen LogP contribution in [0.3, 0.4) is 0 Å². The molecule has 0 aromatic heterocycles. The molecule has 0 amide bonds. The molecule has 0 fully saturated rings. The van der Waals surface area contributed by atoms with Gasteiger partial charge in [0.15, 0.2) is 5.75 Å². The zero-order valence-corrected chi connectivity index (χ0v) is 15.4. The number of aromatic carboxylic acids is 1. The smallest absolute Gasteiger partial charge is 0.344 e. The van der Waals surface area contributed by atoms with Gasteiger partial charge < -0.3 is 14.9 Å². The lowest BCUT2D eigenvalue weighted by molar-refractivity contribution is 0.0667. The van der Waals surface area contributed by atoms with Gasteiger partial charge in [0.2, 0.25) is 0 Å². The fraction of sp³-hybridized carbons (Fsp3) is 0.0667. The Balaban J connectivity index is 2.36. The van der Waals surface area contributed by atoms with Crippen LogP contribution in [0.25, 0.3) is 0 Å². The average Bonchev–Trinajstić information content (AvgIpc) is 2.50. The standard InChI is InChI=1S/C15H10I2O5/c16-11-5-8(7-18)6-12(17)13(11)22-15(21)10-4-2-1-3-9(10)14(19)20/h1-6,18H,7H2,(H,19,20). The van der Waals surface area contributed by atoms with E-state index in [9.17, 15) is 9.59 Å². The Bertz CT molecular complexity index is 719. The van der Waals surface area contributed by atoms with Crippen molar-refractivity contribution in [3.05, 3.63) is 60.2 Å². The van der Waals surface area contributed by atoms with Crippen molar-refractivity contribution in [2.24, 2.45) is 0 Å². The number of benzene rings is 2. The number of carbonyl (C=O) groups excluding carboxylic acids is 1. The lowest BCUT2D eigenvalue weighted by atomic mass is 10.1. The maximum Gasteiger partial charge on any atom is 0.344 e. The van der Waals surface area contributed by atoms with Crippen LogP contribution >= 0.6 is 45.2 Å². The highest BCUT2D eigenvalue weighted by Gasteiger charge is 2.20. The maximum absolute atomic E-state index is 12.3. The fourth-order valence-corrected chi connectivity index (χ4v) is 3.91. The number of rotatable bonds is 4. The van der Waals surface area contributed by atoms with E-state index in [2.05, 4.69) is 0 Å². The molecular formula is C15H10I2O5. The Morgan fingerprint density at radius 3 is 2.09 bits per heavy atom. The van der Waals surface area contributed by atoms with Crippen LogP contribution in [0.2, 0.25) is 0 Å². The van der Waals surface area contributed by atoms with Crippen LogP contribution in [-0.4, -0.2) is 22.2 Å². The van der Waals surface area contributed by atoms with Crippen molar-refractivity contribution >= 4 is 57.1 Å². The predicted octanol–water partition coefficient (Wildman–Crippen LogP) is 3.31. The van der Waals surface area contributed by atoms with Crippen LogP contribution in [0, 0.1) is 7.14 Å². The third-order valence-electron chi connectivity index (χ3n) is 2.81. The number of aliphatic hydroxyl groups excluding tert-OH is 1. The molecule has 2 aromatic carbocycles. The maximum atomic E-state index is 12.3. The van der Waals surface area contributed by atoms with Crippen LogP contribution < -0.4 is 4.74 Å². The highest BCUT2D eigenvalue weighted by Crippen LogP contribution is 2.30. The van der Waals surface area contributed by atoms with E-state index in [0.717, 1.165) is 0 Å². The Hall–Kier alpha value is -1.20. The molecule has 114 valence electrons. The van der Waals surface area contributed by atoms with Crippen LogP contribution in [0.5, 0.6) is 5.75 Å². The van der Waals surface area contributed by atoms with Gasteiger partial charge in [-0.15, -0.1) is 0 Å². The van der Waals surface area contributed by atoms with Gasteiger partial charge in [-0.1, -0.05) is 12.1 Å². The van der Waals surface area contributed by atoms with Crippen molar-refractivity contribution in [3.8, 4) is 5.75 Å². The Labute approximate surface area is 153 Å². The first-order valence-corrected chi connectivity index (χ1v) is 8.23. The Kier molecular flexibility index (Phi) is 5.75. The monoisotopic (exact) mass is 524 g/mol. The number of esters is 1.